The first-order chi connectivity index (χ1) is 20.5. The zero-order chi connectivity index (χ0) is 29.0. The number of ether oxygens (including phenoxy) is 1. The van der Waals surface area contributed by atoms with E-state index in [4.69, 9.17) is 4.74 Å². The molecule has 0 unspecified atom stereocenters. The number of benzene rings is 3. The summed E-state index contributed by atoms with van der Waals surface area (Å²) in [4.78, 5) is 26.5. The van der Waals surface area contributed by atoms with E-state index >= 15 is 0 Å². The highest BCUT2D eigenvalue weighted by Crippen LogP contribution is 2.38. The zero-order valence-electron chi connectivity index (χ0n) is 23.8. The first-order valence-electron chi connectivity index (χ1n) is 14.9. The minimum Gasteiger partial charge on any atom is -0.453 e. The van der Waals surface area contributed by atoms with Crippen LogP contribution < -0.4 is 5.32 Å². The van der Waals surface area contributed by atoms with Crippen LogP contribution in [0, 0.1) is 5.92 Å². The van der Waals surface area contributed by atoms with Gasteiger partial charge in [-0.1, -0.05) is 60.7 Å². The van der Waals surface area contributed by atoms with Crippen molar-refractivity contribution in [3.63, 3.8) is 0 Å². The summed E-state index contributed by atoms with van der Waals surface area (Å²) < 4.78 is 9.07. The molecule has 0 spiro atoms. The van der Waals surface area contributed by atoms with Gasteiger partial charge in [-0.2, -0.15) is 0 Å². The quantitative estimate of drug-likeness (QED) is 0.167. The first kappa shape index (κ1) is 27.9. The summed E-state index contributed by atoms with van der Waals surface area (Å²) in [5.74, 6) is -0.384. The van der Waals surface area contributed by atoms with Crippen LogP contribution in [0.15, 0.2) is 109 Å². The number of piperidine rings is 3. The number of carbonyl (C=O) groups excluding carboxylic acids is 2. The highest BCUT2D eigenvalue weighted by Gasteiger charge is 2.50. The highest BCUT2D eigenvalue weighted by atomic mass is 16.6. The smallest absolute Gasteiger partial charge is 0.348 e. The van der Waals surface area contributed by atoms with Crippen molar-refractivity contribution in [2.45, 2.75) is 31.0 Å². The second-order valence-electron chi connectivity index (χ2n) is 11.7. The molecular formula is C35H38N3O4+. The fraction of sp³-hybridized carbons (Fsp3) is 0.314. The average Bonchev–Trinajstić information content (AvgIpc) is 3.59. The normalized spacial score (nSPS) is 21.5. The molecule has 3 aliphatic rings. The van der Waals surface area contributed by atoms with Gasteiger partial charge in [0.2, 0.25) is 5.60 Å². The molecular weight excluding hydrogens is 526 g/mol. The molecule has 7 heteroatoms. The largest absolute Gasteiger partial charge is 0.453 e. The third-order valence-electron chi connectivity index (χ3n) is 9.11. The number of nitrogens with one attached hydrogen (secondary N) is 1. The van der Waals surface area contributed by atoms with Crippen molar-refractivity contribution in [2.75, 3.05) is 32.7 Å². The van der Waals surface area contributed by atoms with Gasteiger partial charge in [-0.25, -0.2) is 4.79 Å². The lowest BCUT2D eigenvalue weighted by atomic mass is 9.82. The molecule has 0 aliphatic carbocycles. The number of carbonyl (C=O) groups is 2. The second kappa shape index (κ2) is 12.0. The number of aliphatic hydroxyl groups is 1. The van der Waals surface area contributed by atoms with E-state index in [1.165, 1.54) is 0 Å². The molecule has 0 radical (unpaired) electrons. The van der Waals surface area contributed by atoms with E-state index in [2.05, 4.69) is 5.32 Å². The van der Waals surface area contributed by atoms with Crippen molar-refractivity contribution in [3.05, 3.63) is 126 Å². The molecule has 4 heterocycles. The van der Waals surface area contributed by atoms with E-state index in [0.29, 0.717) is 29.2 Å². The van der Waals surface area contributed by atoms with E-state index in [1.807, 2.05) is 89.8 Å². The number of esters is 1. The van der Waals surface area contributed by atoms with Crippen LogP contribution in [-0.2, 0) is 15.1 Å². The summed E-state index contributed by atoms with van der Waals surface area (Å²) in [7, 11) is 0. The minimum atomic E-state index is -1.87. The van der Waals surface area contributed by atoms with E-state index < -0.39 is 11.6 Å². The van der Waals surface area contributed by atoms with Gasteiger partial charge in [0, 0.05) is 55.4 Å². The molecule has 2 bridgehead atoms. The number of aromatic nitrogens is 1. The van der Waals surface area contributed by atoms with Crippen LogP contribution in [0.1, 0.15) is 40.7 Å². The van der Waals surface area contributed by atoms with Gasteiger partial charge in [0.25, 0.3) is 5.91 Å². The van der Waals surface area contributed by atoms with Gasteiger partial charge in [-0.15, -0.1) is 0 Å². The molecule has 3 aliphatic heterocycles. The third kappa shape index (κ3) is 5.62. The number of rotatable bonds is 10. The van der Waals surface area contributed by atoms with E-state index in [0.717, 1.165) is 55.6 Å². The van der Waals surface area contributed by atoms with Gasteiger partial charge in [0.05, 0.1) is 19.6 Å². The van der Waals surface area contributed by atoms with Crippen molar-refractivity contribution < 1.29 is 23.9 Å². The van der Waals surface area contributed by atoms with E-state index in [9.17, 15) is 14.7 Å². The SMILES string of the molecule is O=C(NCCC[N+]12CCC(CC1)[C@@H](OC(=O)C(O)(c1ccccc1)c1ccccc1)C2)c1ccc(-n2cccc2)cc1. The standard InChI is InChI=1S/C35H37N3O4/c39-33(28-14-16-31(17-15-28)37-21-7-8-22-37)36-20-9-23-38-24-18-27(19-25-38)32(26-38)42-34(40)35(41,29-10-3-1-4-11-29)30-12-5-2-6-13-30/h1-8,10-17,21-22,27,32,41H,9,18-20,23-26H2/p+1/t27?,32-,38?/m0/s1. The lowest BCUT2D eigenvalue weighted by Crippen LogP contribution is -2.65. The highest BCUT2D eigenvalue weighted by molar-refractivity contribution is 5.94. The van der Waals surface area contributed by atoms with Gasteiger partial charge in [0.15, 0.2) is 6.10 Å². The van der Waals surface area contributed by atoms with E-state index in [1.54, 1.807) is 24.3 Å². The van der Waals surface area contributed by atoms with Crippen molar-refractivity contribution in [2.24, 2.45) is 5.92 Å². The lowest BCUT2D eigenvalue weighted by molar-refractivity contribution is -0.946. The van der Waals surface area contributed by atoms with Gasteiger partial charge < -0.3 is 24.2 Å². The zero-order valence-corrected chi connectivity index (χ0v) is 23.8. The summed E-state index contributed by atoms with van der Waals surface area (Å²) in [5, 5.41) is 14.9. The monoisotopic (exact) mass is 564 g/mol. The fourth-order valence-electron chi connectivity index (χ4n) is 6.66. The summed E-state index contributed by atoms with van der Waals surface area (Å²) in [6.45, 7) is 4.35. The van der Waals surface area contributed by atoms with Crippen LogP contribution in [0.3, 0.4) is 0 Å². The molecule has 7 nitrogen and oxygen atoms in total. The molecule has 4 aromatic rings. The molecule has 1 aromatic heterocycles. The van der Waals surface area contributed by atoms with Crippen LogP contribution in [0.5, 0.6) is 0 Å². The summed E-state index contributed by atoms with van der Waals surface area (Å²) in [6, 6.07) is 29.6. The first-order valence-corrected chi connectivity index (χ1v) is 14.9. The number of nitrogens with zero attached hydrogens (tertiary/aromatic N) is 2. The Bertz CT molecular complexity index is 1440. The van der Waals surface area contributed by atoms with Crippen molar-refractivity contribution in [3.8, 4) is 5.69 Å². The molecule has 216 valence electrons. The number of hydrogen-bond donors (Lipinski definition) is 2. The van der Waals surface area contributed by atoms with Crippen LogP contribution in [0.4, 0.5) is 0 Å². The molecule has 42 heavy (non-hydrogen) atoms. The van der Waals surface area contributed by atoms with Crippen LogP contribution in [-0.4, -0.2) is 64.9 Å². The van der Waals surface area contributed by atoms with Crippen LogP contribution >= 0.6 is 0 Å². The number of amides is 1. The van der Waals surface area contributed by atoms with Crippen LogP contribution in [0.25, 0.3) is 5.69 Å². The lowest BCUT2D eigenvalue weighted by Gasteiger charge is -2.52. The Morgan fingerprint density at radius 3 is 2.05 bits per heavy atom. The Kier molecular flexibility index (Phi) is 7.96. The van der Waals surface area contributed by atoms with Gasteiger partial charge >= 0.3 is 5.97 Å². The average molecular weight is 565 g/mol. The molecule has 0 saturated carbocycles. The second-order valence-corrected chi connectivity index (χ2v) is 11.7. The maximum atomic E-state index is 13.7. The Hall–Kier alpha value is -4.20. The summed E-state index contributed by atoms with van der Waals surface area (Å²) in [6.07, 6.45) is 6.54. The number of fused-ring (bicyclic) bond motifs is 3. The van der Waals surface area contributed by atoms with Gasteiger partial charge in [-0.3, -0.25) is 4.79 Å². The van der Waals surface area contributed by atoms with Crippen molar-refractivity contribution in [1.29, 1.82) is 0 Å². The Balaban J connectivity index is 1.06. The minimum absolute atomic E-state index is 0.0701. The molecule has 1 atom stereocenters. The topological polar surface area (TPSA) is 80.6 Å². The number of hydrogen-bond acceptors (Lipinski definition) is 4. The summed E-state index contributed by atoms with van der Waals surface area (Å²) in [5.41, 5.74) is 0.794. The molecule has 2 N–H and O–H groups in total. The van der Waals surface area contributed by atoms with Crippen molar-refractivity contribution >= 4 is 11.9 Å². The Labute approximate surface area is 247 Å². The maximum absolute atomic E-state index is 13.7. The van der Waals surface area contributed by atoms with Gasteiger partial charge in [-0.05, 0) is 47.5 Å². The van der Waals surface area contributed by atoms with Gasteiger partial charge in [0.1, 0.15) is 6.54 Å². The van der Waals surface area contributed by atoms with Crippen molar-refractivity contribution in [1.82, 2.24) is 9.88 Å². The van der Waals surface area contributed by atoms with Crippen LogP contribution in [0.2, 0.25) is 0 Å². The maximum Gasteiger partial charge on any atom is 0.348 e. The molecule has 7 rings (SSSR count). The molecule has 3 saturated heterocycles. The fourth-order valence-corrected chi connectivity index (χ4v) is 6.66. The Morgan fingerprint density at radius 1 is 0.857 bits per heavy atom. The summed E-state index contributed by atoms with van der Waals surface area (Å²) >= 11 is 0. The third-order valence-corrected chi connectivity index (χ3v) is 9.11. The molecule has 3 aromatic carbocycles. The molecule has 1 amide bonds. The van der Waals surface area contributed by atoms with E-state index in [-0.39, 0.29) is 12.0 Å². The Morgan fingerprint density at radius 2 is 1.45 bits per heavy atom. The predicted octanol–water partition coefficient (Wildman–Crippen LogP) is 4.69. The predicted molar refractivity (Wildman–Crippen MR) is 161 cm³/mol. The molecule has 3 fully saturated rings. The number of quaternary nitrogens is 1.